The van der Waals surface area contributed by atoms with E-state index in [-0.39, 0.29) is 5.41 Å². The van der Waals surface area contributed by atoms with E-state index in [1.54, 1.807) is 19.5 Å². The number of hydrogen-bond donors (Lipinski definition) is 0. The lowest BCUT2D eigenvalue weighted by molar-refractivity contribution is 0.368. The fourth-order valence-electron chi connectivity index (χ4n) is 2.12. The maximum Gasteiger partial charge on any atom is 0.155 e. The van der Waals surface area contributed by atoms with Crippen molar-refractivity contribution in [3.63, 3.8) is 0 Å². The van der Waals surface area contributed by atoms with Gasteiger partial charge in [0, 0.05) is 5.41 Å². The predicted molar refractivity (Wildman–Crippen MR) is 75.0 cm³/mol. The van der Waals surface area contributed by atoms with Crippen LogP contribution in [0, 0.1) is 0 Å². The van der Waals surface area contributed by atoms with E-state index in [2.05, 4.69) is 30.7 Å². The molecule has 0 aliphatic carbocycles. The molecule has 0 aliphatic rings. The molecule has 0 amide bonds. The summed E-state index contributed by atoms with van der Waals surface area (Å²) in [5.74, 6) is 1.67. The first-order valence-corrected chi connectivity index (χ1v) is 7.02. The standard InChI is InChI=1S/C15H26N2O/c1-5-7-8-9-10-15(3,6-2)14-16-11-13(18-4)12-17-14/h11-12H,5-10H2,1-4H3. The van der Waals surface area contributed by atoms with Gasteiger partial charge in [0.25, 0.3) is 0 Å². The molecule has 1 rings (SSSR count). The van der Waals surface area contributed by atoms with E-state index in [4.69, 9.17) is 4.74 Å². The molecule has 102 valence electrons. The normalized spacial score (nSPS) is 14.2. The van der Waals surface area contributed by atoms with Gasteiger partial charge in [-0.25, -0.2) is 9.97 Å². The Kier molecular flexibility index (Phi) is 6.10. The smallest absolute Gasteiger partial charge is 0.155 e. The minimum atomic E-state index is 0.0972. The van der Waals surface area contributed by atoms with Crippen LogP contribution in [0.3, 0.4) is 0 Å². The van der Waals surface area contributed by atoms with Gasteiger partial charge in [-0.05, 0) is 12.8 Å². The zero-order valence-electron chi connectivity index (χ0n) is 12.2. The van der Waals surface area contributed by atoms with E-state index < -0.39 is 0 Å². The molecule has 0 fully saturated rings. The molecule has 0 spiro atoms. The Morgan fingerprint density at radius 1 is 1.11 bits per heavy atom. The van der Waals surface area contributed by atoms with Gasteiger partial charge in [0.05, 0.1) is 19.5 Å². The first-order valence-electron chi connectivity index (χ1n) is 7.02. The Hall–Kier alpha value is -1.12. The Balaban J connectivity index is 2.66. The quantitative estimate of drug-likeness (QED) is 0.651. The third-order valence-corrected chi connectivity index (χ3v) is 3.77. The van der Waals surface area contributed by atoms with Gasteiger partial charge >= 0.3 is 0 Å². The minimum absolute atomic E-state index is 0.0972. The van der Waals surface area contributed by atoms with E-state index in [1.165, 1.54) is 25.7 Å². The van der Waals surface area contributed by atoms with E-state index in [9.17, 15) is 0 Å². The largest absolute Gasteiger partial charge is 0.494 e. The summed E-state index contributed by atoms with van der Waals surface area (Å²) in [7, 11) is 1.64. The Labute approximate surface area is 111 Å². The second kappa shape index (κ2) is 7.34. The van der Waals surface area contributed by atoms with Crippen molar-refractivity contribution in [1.29, 1.82) is 0 Å². The molecular weight excluding hydrogens is 224 g/mol. The highest BCUT2D eigenvalue weighted by atomic mass is 16.5. The molecule has 3 heteroatoms. The number of aromatic nitrogens is 2. The Bertz CT molecular complexity index is 337. The summed E-state index contributed by atoms with van der Waals surface area (Å²) in [6.45, 7) is 6.72. The van der Waals surface area contributed by atoms with Crippen LogP contribution in [0.5, 0.6) is 5.75 Å². The molecule has 1 aromatic rings. The molecule has 0 aliphatic heterocycles. The van der Waals surface area contributed by atoms with Gasteiger partial charge < -0.3 is 4.74 Å². The number of hydrogen-bond acceptors (Lipinski definition) is 3. The monoisotopic (exact) mass is 250 g/mol. The maximum absolute atomic E-state index is 5.10. The second-order valence-electron chi connectivity index (χ2n) is 5.17. The molecule has 18 heavy (non-hydrogen) atoms. The second-order valence-corrected chi connectivity index (χ2v) is 5.17. The minimum Gasteiger partial charge on any atom is -0.494 e. The molecule has 1 atom stereocenters. The SMILES string of the molecule is CCCCCCC(C)(CC)c1ncc(OC)cn1. The van der Waals surface area contributed by atoms with Crippen LogP contribution >= 0.6 is 0 Å². The molecule has 1 heterocycles. The topological polar surface area (TPSA) is 35.0 Å². The van der Waals surface area contributed by atoms with Crippen molar-refractivity contribution < 1.29 is 4.74 Å². The van der Waals surface area contributed by atoms with Crippen LogP contribution in [-0.2, 0) is 5.41 Å². The first kappa shape index (κ1) is 14.9. The highest BCUT2D eigenvalue weighted by molar-refractivity contribution is 5.15. The van der Waals surface area contributed by atoms with Crippen molar-refractivity contribution in [1.82, 2.24) is 9.97 Å². The number of ether oxygens (including phenoxy) is 1. The fourth-order valence-corrected chi connectivity index (χ4v) is 2.12. The van der Waals surface area contributed by atoms with E-state index in [1.807, 2.05) is 0 Å². The lowest BCUT2D eigenvalue weighted by Crippen LogP contribution is -2.24. The van der Waals surface area contributed by atoms with Crippen molar-refractivity contribution in [2.45, 2.75) is 64.7 Å². The lowest BCUT2D eigenvalue weighted by Gasteiger charge is -2.26. The van der Waals surface area contributed by atoms with Crippen LogP contribution in [0.25, 0.3) is 0 Å². The van der Waals surface area contributed by atoms with Crippen molar-refractivity contribution in [2.24, 2.45) is 0 Å². The van der Waals surface area contributed by atoms with Gasteiger partial charge in [-0.2, -0.15) is 0 Å². The van der Waals surface area contributed by atoms with Crippen LogP contribution in [0.1, 0.15) is 65.1 Å². The van der Waals surface area contributed by atoms with Gasteiger partial charge in [0.1, 0.15) is 5.82 Å². The van der Waals surface area contributed by atoms with Crippen LogP contribution in [-0.4, -0.2) is 17.1 Å². The van der Waals surface area contributed by atoms with Gasteiger partial charge in [-0.15, -0.1) is 0 Å². The number of methoxy groups -OCH3 is 1. The van der Waals surface area contributed by atoms with Crippen molar-refractivity contribution in [3.05, 3.63) is 18.2 Å². The fraction of sp³-hybridized carbons (Fsp3) is 0.733. The van der Waals surface area contributed by atoms with Crippen LogP contribution in [0.15, 0.2) is 12.4 Å². The summed E-state index contributed by atoms with van der Waals surface area (Å²) in [6.07, 6.45) is 10.9. The van der Waals surface area contributed by atoms with Crippen LogP contribution in [0.2, 0.25) is 0 Å². The molecule has 0 radical (unpaired) electrons. The van der Waals surface area contributed by atoms with E-state index in [0.717, 1.165) is 24.4 Å². The summed E-state index contributed by atoms with van der Waals surface area (Å²) in [6, 6.07) is 0. The Morgan fingerprint density at radius 3 is 2.28 bits per heavy atom. The van der Waals surface area contributed by atoms with E-state index in [0.29, 0.717) is 0 Å². The van der Waals surface area contributed by atoms with Crippen LogP contribution < -0.4 is 4.74 Å². The number of unbranched alkanes of at least 4 members (excludes halogenated alkanes) is 3. The molecular formula is C15H26N2O. The van der Waals surface area contributed by atoms with Gasteiger partial charge in [-0.3, -0.25) is 0 Å². The van der Waals surface area contributed by atoms with Crippen molar-refractivity contribution >= 4 is 0 Å². The van der Waals surface area contributed by atoms with Crippen molar-refractivity contribution in [3.8, 4) is 5.75 Å². The zero-order chi connectivity index (χ0) is 13.4. The third-order valence-electron chi connectivity index (χ3n) is 3.77. The Morgan fingerprint density at radius 2 is 1.78 bits per heavy atom. The summed E-state index contributed by atoms with van der Waals surface area (Å²) in [4.78, 5) is 8.91. The van der Waals surface area contributed by atoms with Gasteiger partial charge in [-0.1, -0.05) is 46.5 Å². The lowest BCUT2D eigenvalue weighted by atomic mass is 9.81. The highest BCUT2D eigenvalue weighted by Crippen LogP contribution is 2.31. The molecule has 1 unspecified atom stereocenters. The first-order chi connectivity index (χ1) is 8.66. The summed E-state index contributed by atoms with van der Waals surface area (Å²) in [5.41, 5.74) is 0.0972. The highest BCUT2D eigenvalue weighted by Gasteiger charge is 2.27. The predicted octanol–water partition coefficient (Wildman–Crippen LogP) is 4.12. The number of nitrogens with zero attached hydrogens (tertiary/aromatic N) is 2. The maximum atomic E-state index is 5.10. The summed E-state index contributed by atoms with van der Waals surface area (Å²) < 4.78 is 5.10. The number of rotatable bonds is 8. The van der Waals surface area contributed by atoms with Crippen LogP contribution in [0.4, 0.5) is 0 Å². The molecule has 0 saturated heterocycles. The summed E-state index contributed by atoms with van der Waals surface area (Å²) in [5, 5.41) is 0. The average Bonchev–Trinajstić information content (AvgIpc) is 2.43. The van der Waals surface area contributed by atoms with E-state index >= 15 is 0 Å². The molecule has 0 N–H and O–H groups in total. The molecule has 1 aromatic heterocycles. The molecule has 3 nitrogen and oxygen atoms in total. The third kappa shape index (κ3) is 3.97. The average molecular weight is 250 g/mol. The van der Waals surface area contributed by atoms with Gasteiger partial charge in [0.2, 0.25) is 0 Å². The van der Waals surface area contributed by atoms with Crippen molar-refractivity contribution in [2.75, 3.05) is 7.11 Å². The summed E-state index contributed by atoms with van der Waals surface area (Å²) >= 11 is 0. The molecule has 0 bridgehead atoms. The molecule has 0 saturated carbocycles. The zero-order valence-corrected chi connectivity index (χ0v) is 12.2. The molecule has 0 aromatic carbocycles. The van der Waals surface area contributed by atoms with Gasteiger partial charge in [0.15, 0.2) is 5.75 Å².